The zero-order chi connectivity index (χ0) is 8.43. The lowest BCUT2D eigenvalue weighted by Gasteiger charge is -1.89. The van der Waals surface area contributed by atoms with E-state index in [9.17, 15) is 9.59 Å². The van der Waals surface area contributed by atoms with Crippen LogP contribution in [0.4, 0.5) is 0 Å². The van der Waals surface area contributed by atoms with Crippen LogP contribution in [0.15, 0.2) is 4.79 Å². The zero-order valence-electron chi connectivity index (χ0n) is 6.12. The Morgan fingerprint density at radius 1 is 1.73 bits per heavy atom. The Morgan fingerprint density at radius 2 is 2.36 bits per heavy atom. The van der Waals surface area contributed by atoms with Crippen LogP contribution in [0.3, 0.4) is 0 Å². The molecule has 0 aliphatic heterocycles. The van der Waals surface area contributed by atoms with E-state index in [-0.39, 0.29) is 5.82 Å². The third kappa shape index (κ3) is 1.28. The summed E-state index contributed by atoms with van der Waals surface area (Å²) in [6.07, 6.45) is 0. The van der Waals surface area contributed by atoms with E-state index in [1.807, 2.05) is 0 Å². The van der Waals surface area contributed by atoms with Crippen LogP contribution in [0, 0.1) is 0 Å². The van der Waals surface area contributed by atoms with Crippen LogP contribution in [-0.4, -0.2) is 27.8 Å². The monoisotopic (exact) mass is 157 g/mol. The maximum absolute atomic E-state index is 10.7. The lowest BCUT2D eigenvalue weighted by atomic mass is 10.6. The molecule has 0 radical (unpaired) electrons. The number of ether oxygens (including phenoxy) is 1. The van der Waals surface area contributed by atoms with Gasteiger partial charge in [0.25, 0.3) is 0 Å². The second kappa shape index (κ2) is 2.57. The molecule has 0 aromatic carbocycles. The number of hydrogen-bond donors (Lipinski definition) is 1. The number of aromatic amines is 1. The highest BCUT2D eigenvalue weighted by molar-refractivity contribution is 5.84. The minimum atomic E-state index is -0.650. The average Bonchev–Trinajstić information content (AvgIpc) is 2.31. The van der Waals surface area contributed by atoms with E-state index in [1.165, 1.54) is 14.2 Å². The number of rotatable bonds is 1. The van der Waals surface area contributed by atoms with Crippen LogP contribution >= 0.6 is 0 Å². The van der Waals surface area contributed by atoms with Crippen LogP contribution in [0.1, 0.15) is 10.6 Å². The molecule has 0 amide bonds. The number of esters is 1. The molecule has 11 heavy (non-hydrogen) atoms. The predicted octanol–water partition coefficient (Wildman–Crippen LogP) is -1.10. The number of carbonyl (C=O) groups is 1. The fourth-order valence-electron chi connectivity index (χ4n) is 0.591. The van der Waals surface area contributed by atoms with Crippen LogP contribution in [0.25, 0.3) is 0 Å². The number of aromatic nitrogens is 3. The second-order valence-corrected chi connectivity index (χ2v) is 1.89. The first-order valence-electron chi connectivity index (χ1n) is 2.87. The number of methoxy groups -OCH3 is 1. The number of H-pyrrole nitrogens is 1. The van der Waals surface area contributed by atoms with Crippen molar-refractivity contribution in [1.29, 1.82) is 0 Å². The van der Waals surface area contributed by atoms with Crippen LogP contribution in [-0.2, 0) is 11.8 Å². The van der Waals surface area contributed by atoms with Gasteiger partial charge in [-0.1, -0.05) is 0 Å². The average molecular weight is 157 g/mol. The van der Waals surface area contributed by atoms with E-state index in [0.29, 0.717) is 0 Å². The summed E-state index contributed by atoms with van der Waals surface area (Å²) < 4.78 is 5.34. The SMILES string of the molecule is COC(=O)c1nn(C)c(=O)[nH]1. The van der Waals surface area contributed by atoms with Crippen molar-refractivity contribution in [2.24, 2.45) is 7.05 Å². The van der Waals surface area contributed by atoms with E-state index >= 15 is 0 Å². The number of nitrogens with one attached hydrogen (secondary N) is 1. The third-order valence-corrected chi connectivity index (χ3v) is 1.15. The highest BCUT2D eigenvalue weighted by Gasteiger charge is 2.10. The minimum absolute atomic E-state index is 0.0833. The summed E-state index contributed by atoms with van der Waals surface area (Å²) in [5.74, 6) is -0.734. The van der Waals surface area contributed by atoms with E-state index in [4.69, 9.17) is 0 Å². The van der Waals surface area contributed by atoms with Crippen molar-refractivity contribution >= 4 is 5.97 Å². The molecule has 0 fully saturated rings. The third-order valence-electron chi connectivity index (χ3n) is 1.15. The van der Waals surface area contributed by atoms with Crippen molar-refractivity contribution in [2.45, 2.75) is 0 Å². The molecule has 0 aliphatic carbocycles. The Morgan fingerprint density at radius 3 is 2.73 bits per heavy atom. The van der Waals surface area contributed by atoms with Crippen molar-refractivity contribution < 1.29 is 9.53 Å². The van der Waals surface area contributed by atoms with Crippen molar-refractivity contribution in [2.75, 3.05) is 7.11 Å². The Bertz CT molecular complexity index is 324. The maximum atomic E-state index is 10.7. The first-order valence-corrected chi connectivity index (χ1v) is 2.87. The second-order valence-electron chi connectivity index (χ2n) is 1.89. The van der Waals surface area contributed by atoms with Crippen molar-refractivity contribution in [1.82, 2.24) is 14.8 Å². The highest BCUT2D eigenvalue weighted by Crippen LogP contribution is 1.85. The quantitative estimate of drug-likeness (QED) is 0.524. The van der Waals surface area contributed by atoms with Gasteiger partial charge in [-0.25, -0.2) is 14.3 Å². The van der Waals surface area contributed by atoms with Crippen molar-refractivity contribution in [3.8, 4) is 0 Å². The summed E-state index contributed by atoms with van der Waals surface area (Å²) in [4.78, 5) is 23.6. The predicted molar refractivity (Wildman–Crippen MR) is 35.2 cm³/mol. The standard InChI is InChI=1S/C5H7N3O3/c1-8-5(10)6-3(7-8)4(9)11-2/h1-2H3,(H,6,7,10). The number of hydrogen-bond acceptors (Lipinski definition) is 4. The molecule has 0 aliphatic rings. The summed E-state index contributed by atoms with van der Waals surface area (Å²) in [7, 11) is 2.65. The van der Waals surface area contributed by atoms with Crippen LogP contribution < -0.4 is 5.69 Å². The molecule has 0 saturated heterocycles. The van der Waals surface area contributed by atoms with E-state index in [0.717, 1.165) is 4.68 Å². The summed E-state index contributed by atoms with van der Waals surface area (Å²) in [5.41, 5.74) is -0.439. The van der Waals surface area contributed by atoms with Gasteiger partial charge in [0.15, 0.2) is 0 Å². The molecule has 1 rings (SSSR count). The lowest BCUT2D eigenvalue weighted by molar-refractivity contribution is 0.0586. The van der Waals surface area contributed by atoms with Crippen LogP contribution in [0.5, 0.6) is 0 Å². The Balaban J connectivity index is 3.07. The summed E-state index contributed by atoms with van der Waals surface area (Å²) in [6, 6.07) is 0. The van der Waals surface area contributed by atoms with Gasteiger partial charge in [-0.15, -0.1) is 5.10 Å². The van der Waals surface area contributed by atoms with E-state index < -0.39 is 11.7 Å². The molecule has 0 spiro atoms. The maximum Gasteiger partial charge on any atom is 0.376 e. The molecule has 0 saturated carbocycles. The number of carbonyl (C=O) groups excluding carboxylic acids is 1. The minimum Gasteiger partial charge on any atom is -0.463 e. The van der Waals surface area contributed by atoms with Gasteiger partial charge in [-0.05, 0) is 0 Å². The van der Waals surface area contributed by atoms with Gasteiger partial charge >= 0.3 is 11.7 Å². The van der Waals surface area contributed by atoms with Crippen LogP contribution in [0.2, 0.25) is 0 Å². The molecule has 1 heterocycles. The molecule has 0 bridgehead atoms. The summed E-state index contributed by atoms with van der Waals surface area (Å²) >= 11 is 0. The normalized spacial score (nSPS) is 9.64. The largest absolute Gasteiger partial charge is 0.463 e. The zero-order valence-corrected chi connectivity index (χ0v) is 6.12. The number of aryl methyl sites for hydroxylation is 1. The Kier molecular flexibility index (Phi) is 1.75. The fourth-order valence-corrected chi connectivity index (χ4v) is 0.591. The van der Waals surface area contributed by atoms with Gasteiger partial charge in [-0.2, -0.15) is 0 Å². The molecular formula is C5H7N3O3. The molecule has 6 nitrogen and oxygen atoms in total. The van der Waals surface area contributed by atoms with E-state index in [1.54, 1.807) is 0 Å². The van der Waals surface area contributed by atoms with Crippen molar-refractivity contribution in [3.05, 3.63) is 16.3 Å². The smallest absolute Gasteiger partial charge is 0.376 e. The van der Waals surface area contributed by atoms with Gasteiger partial charge in [0.1, 0.15) is 0 Å². The first-order chi connectivity index (χ1) is 5.15. The highest BCUT2D eigenvalue weighted by atomic mass is 16.5. The topological polar surface area (TPSA) is 77.0 Å². The molecule has 6 heteroatoms. The fraction of sp³-hybridized carbons (Fsp3) is 0.400. The van der Waals surface area contributed by atoms with Gasteiger partial charge < -0.3 is 4.74 Å². The molecular weight excluding hydrogens is 150 g/mol. The Labute approximate surface area is 61.8 Å². The molecule has 0 unspecified atom stereocenters. The van der Waals surface area contributed by atoms with Gasteiger partial charge in [0, 0.05) is 7.05 Å². The molecule has 1 N–H and O–H groups in total. The van der Waals surface area contributed by atoms with E-state index in [2.05, 4.69) is 14.8 Å². The van der Waals surface area contributed by atoms with Crippen molar-refractivity contribution in [3.63, 3.8) is 0 Å². The van der Waals surface area contributed by atoms with Gasteiger partial charge in [-0.3, -0.25) is 4.98 Å². The molecule has 1 aromatic rings. The Hall–Kier alpha value is -1.59. The van der Waals surface area contributed by atoms with Gasteiger partial charge in [0.05, 0.1) is 7.11 Å². The summed E-state index contributed by atoms with van der Waals surface area (Å²) in [5, 5.41) is 3.56. The molecule has 60 valence electrons. The lowest BCUT2D eigenvalue weighted by Crippen LogP contribution is -2.13. The molecule has 0 atom stereocenters. The van der Waals surface area contributed by atoms with Gasteiger partial charge in [0.2, 0.25) is 5.82 Å². The number of nitrogens with zero attached hydrogens (tertiary/aromatic N) is 2. The summed E-state index contributed by atoms with van der Waals surface area (Å²) in [6.45, 7) is 0. The molecule has 1 aromatic heterocycles. The first kappa shape index (κ1) is 7.52.